The Morgan fingerprint density at radius 1 is 1.44 bits per heavy atom. The van der Waals surface area contributed by atoms with Gasteiger partial charge in [-0.2, -0.15) is 0 Å². The number of aryl methyl sites for hydroxylation is 1. The summed E-state index contributed by atoms with van der Waals surface area (Å²) in [7, 11) is 0. The smallest absolute Gasteiger partial charge is 0.143 e. The van der Waals surface area contributed by atoms with E-state index in [0.717, 1.165) is 42.4 Å². The molecule has 3 nitrogen and oxygen atoms in total. The van der Waals surface area contributed by atoms with E-state index in [4.69, 9.17) is 0 Å². The van der Waals surface area contributed by atoms with Gasteiger partial charge in [0.25, 0.3) is 0 Å². The second-order valence-electron chi connectivity index (χ2n) is 5.00. The summed E-state index contributed by atoms with van der Waals surface area (Å²) in [6.07, 6.45) is 4.46. The third-order valence-electron chi connectivity index (χ3n) is 3.68. The van der Waals surface area contributed by atoms with Crippen molar-refractivity contribution in [3.8, 4) is 0 Å². The van der Waals surface area contributed by atoms with Crippen LogP contribution in [0, 0.1) is 12.8 Å². The van der Waals surface area contributed by atoms with Crippen LogP contribution in [0.15, 0.2) is 16.7 Å². The van der Waals surface area contributed by atoms with Crippen LogP contribution in [0.5, 0.6) is 0 Å². The molecule has 1 N–H and O–H groups in total. The first kappa shape index (κ1) is 13.8. The zero-order valence-corrected chi connectivity index (χ0v) is 12.8. The van der Waals surface area contributed by atoms with Gasteiger partial charge in [-0.1, -0.05) is 0 Å². The Bertz CT molecular complexity index is 389. The average Bonchev–Trinajstić information content (AvgIpc) is 2.41. The Morgan fingerprint density at radius 3 is 2.83 bits per heavy atom. The summed E-state index contributed by atoms with van der Waals surface area (Å²) in [6.45, 7) is 8.77. The molecule has 100 valence electrons. The maximum absolute atomic E-state index is 4.54. The molecule has 0 aliphatic carbocycles. The number of pyridine rings is 1. The predicted molar refractivity (Wildman–Crippen MR) is 80.2 cm³/mol. The van der Waals surface area contributed by atoms with Crippen molar-refractivity contribution in [1.82, 2.24) is 10.3 Å². The summed E-state index contributed by atoms with van der Waals surface area (Å²) in [5.74, 6) is 1.89. The maximum atomic E-state index is 4.54. The first-order valence-corrected chi connectivity index (χ1v) is 7.58. The van der Waals surface area contributed by atoms with Gasteiger partial charge in [-0.05, 0) is 73.3 Å². The summed E-state index contributed by atoms with van der Waals surface area (Å²) in [4.78, 5) is 6.94. The Labute approximate surface area is 118 Å². The molecule has 0 saturated carbocycles. The van der Waals surface area contributed by atoms with Gasteiger partial charge < -0.3 is 10.2 Å². The highest BCUT2D eigenvalue weighted by atomic mass is 79.9. The highest BCUT2D eigenvalue weighted by molar-refractivity contribution is 9.10. The lowest BCUT2D eigenvalue weighted by atomic mass is 9.97. The van der Waals surface area contributed by atoms with E-state index in [9.17, 15) is 0 Å². The molecule has 1 aliphatic rings. The Hall–Kier alpha value is -0.610. The van der Waals surface area contributed by atoms with Gasteiger partial charge in [-0.25, -0.2) is 4.98 Å². The molecule has 0 radical (unpaired) electrons. The van der Waals surface area contributed by atoms with Crippen LogP contribution in [0.2, 0.25) is 0 Å². The number of aromatic nitrogens is 1. The molecule has 0 bridgehead atoms. The zero-order chi connectivity index (χ0) is 13.0. The minimum Gasteiger partial charge on any atom is -0.356 e. The van der Waals surface area contributed by atoms with Crippen molar-refractivity contribution >= 4 is 21.7 Å². The largest absolute Gasteiger partial charge is 0.356 e. The van der Waals surface area contributed by atoms with Gasteiger partial charge >= 0.3 is 0 Å². The van der Waals surface area contributed by atoms with Crippen LogP contribution >= 0.6 is 15.9 Å². The molecule has 2 heterocycles. The van der Waals surface area contributed by atoms with Crippen molar-refractivity contribution in [2.45, 2.75) is 26.7 Å². The number of nitrogens with one attached hydrogen (secondary N) is 1. The Balaban J connectivity index is 2.09. The number of nitrogens with zero attached hydrogens (tertiary/aromatic N) is 2. The molecule has 0 atom stereocenters. The standard InChI is InChI=1S/C14H22BrN3/c1-3-18(10-12-5-7-16-8-6-12)14-13(15)11(2)4-9-17-14/h4,9,12,16H,3,5-8,10H2,1-2H3. The number of halogens is 1. The molecule has 18 heavy (non-hydrogen) atoms. The SMILES string of the molecule is CCN(CC1CCNCC1)c1nccc(C)c1Br. The number of piperidine rings is 1. The van der Waals surface area contributed by atoms with Gasteiger partial charge in [0.05, 0.1) is 4.47 Å². The second kappa shape index (κ2) is 6.53. The fourth-order valence-corrected chi connectivity index (χ4v) is 2.97. The van der Waals surface area contributed by atoms with E-state index < -0.39 is 0 Å². The quantitative estimate of drug-likeness (QED) is 0.926. The topological polar surface area (TPSA) is 28.2 Å². The van der Waals surface area contributed by atoms with Gasteiger partial charge in [0.1, 0.15) is 5.82 Å². The minimum absolute atomic E-state index is 0.792. The van der Waals surface area contributed by atoms with Gasteiger partial charge in [0.15, 0.2) is 0 Å². The Kier molecular flexibility index (Phi) is 5.01. The molecule has 1 saturated heterocycles. The van der Waals surface area contributed by atoms with Crippen LogP contribution in [0.4, 0.5) is 5.82 Å². The monoisotopic (exact) mass is 311 g/mol. The molecule has 1 fully saturated rings. The first-order chi connectivity index (χ1) is 8.72. The lowest BCUT2D eigenvalue weighted by molar-refractivity contribution is 0.374. The zero-order valence-electron chi connectivity index (χ0n) is 11.2. The van der Waals surface area contributed by atoms with E-state index in [1.165, 1.54) is 18.4 Å². The fraction of sp³-hybridized carbons (Fsp3) is 0.643. The summed E-state index contributed by atoms with van der Waals surface area (Å²) in [5, 5.41) is 3.42. The van der Waals surface area contributed by atoms with Gasteiger partial charge in [0, 0.05) is 19.3 Å². The van der Waals surface area contributed by atoms with E-state index >= 15 is 0 Å². The maximum Gasteiger partial charge on any atom is 0.143 e. The van der Waals surface area contributed by atoms with Crippen LogP contribution in [-0.2, 0) is 0 Å². The van der Waals surface area contributed by atoms with Crippen LogP contribution in [0.25, 0.3) is 0 Å². The van der Waals surface area contributed by atoms with Crippen molar-refractivity contribution < 1.29 is 0 Å². The third kappa shape index (κ3) is 3.23. The average molecular weight is 312 g/mol. The van der Waals surface area contributed by atoms with E-state index in [1.54, 1.807) is 0 Å². The molecule has 2 rings (SSSR count). The molecule has 1 aliphatic heterocycles. The molecular formula is C14H22BrN3. The second-order valence-corrected chi connectivity index (χ2v) is 5.79. The third-order valence-corrected chi connectivity index (χ3v) is 4.66. The highest BCUT2D eigenvalue weighted by Gasteiger charge is 2.18. The van der Waals surface area contributed by atoms with Crippen molar-refractivity contribution in [2.24, 2.45) is 5.92 Å². The molecule has 0 spiro atoms. The van der Waals surface area contributed by atoms with Crippen LogP contribution in [0.1, 0.15) is 25.3 Å². The summed E-state index contributed by atoms with van der Waals surface area (Å²) in [6, 6.07) is 2.05. The molecule has 0 amide bonds. The Morgan fingerprint density at radius 2 is 2.17 bits per heavy atom. The minimum atomic E-state index is 0.792. The lowest BCUT2D eigenvalue weighted by Crippen LogP contribution is -2.36. The number of anilines is 1. The van der Waals surface area contributed by atoms with E-state index in [-0.39, 0.29) is 0 Å². The van der Waals surface area contributed by atoms with Gasteiger partial charge in [-0.3, -0.25) is 0 Å². The first-order valence-electron chi connectivity index (χ1n) is 6.79. The summed E-state index contributed by atoms with van der Waals surface area (Å²) < 4.78 is 1.14. The van der Waals surface area contributed by atoms with Crippen LogP contribution < -0.4 is 10.2 Å². The van der Waals surface area contributed by atoms with Crippen molar-refractivity contribution in [1.29, 1.82) is 0 Å². The van der Waals surface area contributed by atoms with Crippen LogP contribution in [-0.4, -0.2) is 31.2 Å². The normalized spacial score (nSPS) is 16.8. The molecule has 1 aromatic rings. The number of hydrogen-bond donors (Lipinski definition) is 1. The van der Waals surface area contributed by atoms with Crippen molar-refractivity contribution in [2.75, 3.05) is 31.1 Å². The van der Waals surface area contributed by atoms with Crippen LogP contribution in [0.3, 0.4) is 0 Å². The highest BCUT2D eigenvalue weighted by Crippen LogP contribution is 2.28. The predicted octanol–water partition coefficient (Wildman–Crippen LogP) is 2.98. The summed E-state index contributed by atoms with van der Waals surface area (Å²) >= 11 is 3.67. The van der Waals surface area contributed by atoms with E-state index in [0.29, 0.717) is 0 Å². The molecule has 4 heteroatoms. The van der Waals surface area contributed by atoms with Gasteiger partial charge in [-0.15, -0.1) is 0 Å². The van der Waals surface area contributed by atoms with E-state index in [2.05, 4.69) is 45.0 Å². The van der Waals surface area contributed by atoms with Crippen molar-refractivity contribution in [3.63, 3.8) is 0 Å². The van der Waals surface area contributed by atoms with E-state index in [1.807, 2.05) is 12.3 Å². The molecule has 0 aromatic carbocycles. The summed E-state index contributed by atoms with van der Waals surface area (Å²) in [5.41, 5.74) is 1.25. The number of rotatable bonds is 4. The molecule has 0 unspecified atom stereocenters. The van der Waals surface area contributed by atoms with Gasteiger partial charge in [0.2, 0.25) is 0 Å². The molecular weight excluding hydrogens is 290 g/mol. The lowest BCUT2D eigenvalue weighted by Gasteiger charge is -2.30. The number of hydrogen-bond acceptors (Lipinski definition) is 3. The molecule has 1 aromatic heterocycles. The van der Waals surface area contributed by atoms with Crippen molar-refractivity contribution in [3.05, 3.63) is 22.3 Å². The fourth-order valence-electron chi connectivity index (χ4n) is 2.49.